The molecule has 4 nitrogen and oxygen atoms in total. The molecule has 0 aromatic carbocycles. The molecule has 15 heavy (non-hydrogen) atoms. The van der Waals surface area contributed by atoms with Crippen LogP contribution in [-0.4, -0.2) is 31.7 Å². The van der Waals surface area contributed by atoms with Crippen LogP contribution in [0.1, 0.15) is 33.6 Å². The highest BCUT2D eigenvalue weighted by atomic mass is 16.5. The van der Waals surface area contributed by atoms with Gasteiger partial charge in [-0.05, 0) is 12.8 Å². The number of nitrogens with one attached hydrogen (secondary N) is 1. The fourth-order valence-electron chi connectivity index (χ4n) is 1.48. The molecule has 1 atom stereocenters. The Kier molecular flexibility index (Phi) is 6.52. The molecule has 90 valence electrons. The molecule has 0 rings (SSSR count). The van der Waals surface area contributed by atoms with E-state index in [2.05, 4.69) is 5.32 Å². The van der Waals surface area contributed by atoms with Gasteiger partial charge in [-0.1, -0.05) is 20.8 Å². The molecule has 1 unspecified atom stereocenters. The molecule has 0 saturated carbocycles. The van der Waals surface area contributed by atoms with Gasteiger partial charge in [0.15, 0.2) is 0 Å². The molecule has 0 aromatic rings. The van der Waals surface area contributed by atoms with Crippen LogP contribution in [-0.2, 0) is 9.53 Å². The van der Waals surface area contributed by atoms with Gasteiger partial charge in [0.05, 0.1) is 18.1 Å². The van der Waals surface area contributed by atoms with E-state index >= 15 is 0 Å². The quantitative estimate of drug-likeness (QED) is 0.664. The van der Waals surface area contributed by atoms with E-state index in [1.54, 1.807) is 7.11 Å². The van der Waals surface area contributed by atoms with Crippen molar-refractivity contribution in [1.82, 2.24) is 5.32 Å². The van der Waals surface area contributed by atoms with Crippen LogP contribution in [0.2, 0.25) is 0 Å². The summed E-state index contributed by atoms with van der Waals surface area (Å²) in [5.41, 5.74) is 5.45. The van der Waals surface area contributed by atoms with Crippen molar-refractivity contribution in [2.24, 2.45) is 11.7 Å². The van der Waals surface area contributed by atoms with E-state index in [1.165, 1.54) is 0 Å². The van der Waals surface area contributed by atoms with Crippen LogP contribution in [0.25, 0.3) is 0 Å². The van der Waals surface area contributed by atoms with E-state index in [9.17, 15) is 4.79 Å². The van der Waals surface area contributed by atoms with E-state index < -0.39 is 0 Å². The zero-order valence-corrected chi connectivity index (χ0v) is 10.3. The van der Waals surface area contributed by atoms with Crippen molar-refractivity contribution in [1.29, 1.82) is 0 Å². The smallest absolute Gasteiger partial charge is 0.225 e. The summed E-state index contributed by atoms with van der Waals surface area (Å²) < 4.78 is 4.95. The second-order valence-corrected chi connectivity index (χ2v) is 4.04. The number of carbonyl (C=O) groups excluding carboxylic acids is 1. The number of hydrogen-bond acceptors (Lipinski definition) is 3. The predicted molar refractivity (Wildman–Crippen MR) is 61.6 cm³/mol. The number of rotatable bonds is 7. The molecule has 0 aliphatic carbocycles. The van der Waals surface area contributed by atoms with Crippen LogP contribution in [0.3, 0.4) is 0 Å². The number of ether oxygens (including phenoxy) is 1. The molecule has 0 heterocycles. The van der Waals surface area contributed by atoms with Crippen molar-refractivity contribution in [3.63, 3.8) is 0 Å². The summed E-state index contributed by atoms with van der Waals surface area (Å²) in [6, 6.07) is 0. The van der Waals surface area contributed by atoms with Gasteiger partial charge in [-0.25, -0.2) is 0 Å². The lowest BCUT2D eigenvalue weighted by molar-refractivity contribution is -0.128. The number of carbonyl (C=O) groups is 1. The van der Waals surface area contributed by atoms with Crippen molar-refractivity contribution in [3.05, 3.63) is 0 Å². The SMILES string of the molecule is CCC(CC)(CN)NC(=O)C(C)COC. The minimum atomic E-state index is -0.251. The Morgan fingerprint density at radius 3 is 2.33 bits per heavy atom. The molecular formula is C11H24N2O2. The molecule has 0 radical (unpaired) electrons. The lowest BCUT2D eigenvalue weighted by atomic mass is 9.92. The Hall–Kier alpha value is -0.610. The first-order valence-electron chi connectivity index (χ1n) is 5.56. The highest BCUT2D eigenvalue weighted by molar-refractivity contribution is 5.79. The van der Waals surface area contributed by atoms with Crippen LogP contribution >= 0.6 is 0 Å². The maximum atomic E-state index is 11.8. The van der Waals surface area contributed by atoms with Crippen LogP contribution in [0.4, 0.5) is 0 Å². The molecule has 0 fully saturated rings. The van der Waals surface area contributed by atoms with Gasteiger partial charge in [-0.2, -0.15) is 0 Å². The molecule has 4 heteroatoms. The standard InChI is InChI=1S/C11H24N2O2/c1-5-11(6-2,8-12)13-10(14)9(3)7-15-4/h9H,5-8,12H2,1-4H3,(H,13,14). The normalized spacial score (nSPS) is 13.7. The summed E-state index contributed by atoms with van der Waals surface area (Å²) in [6.07, 6.45) is 1.71. The fraction of sp³-hybridized carbons (Fsp3) is 0.909. The van der Waals surface area contributed by atoms with Crippen molar-refractivity contribution in [3.8, 4) is 0 Å². The van der Waals surface area contributed by atoms with Gasteiger partial charge in [-0.15, -0.1) is 0 Å². The Labute approximate surface area is 92.6 Å². The van der Waals surface area contributed by atoms with Crippen molar-refractivity contribution < 1.29 is 9.53 Å². The van der Waals surface area contributed by atoms with Gasteiger partial charge < -0.3 is 15.8 Å². The molecule has 0 bridgehead atoms. The minimum Gasteiger partial charge on any atom is -0.384 e. The second kappa shape index (κ2) is 6.80. The van der Waals surface area contributed by atoms with Gasteiger partial charge >= 0.3 is 0 Å². The highest BCUT2D eigenvalue weighted by Crippen LogP contribution is 2.14. The Balaban J connectivity index is 4.34. The fourth-order valence-corrected chi connectivity index (χ4v) is 1.48. The Bertz CT molecular complexity index is 183. The number of amides is 1. The lowest BCUT2D eigenvalue weighted by Gasteiger charge is -2.32. The van der Waals surface area contributed by atoms with Crippen molar-refractivity contribution in [2.75, 3.05) is 20.3 Å². The summed E-state index contributed by atoms with van der Waals surface area (Å²) in [5, 5.41) is 3.02. The van der Waals surface area contributed by atoms with Crippen LogP contribution in [0, 0.1) is 5.92 Å². The third kappa shape index (κ3) is 4.18. The predicted octanol–water partition coefficient (Wildman–Crippen LogP) is 0.903. The zero-order chi connectivity index (χ0) is 11.9. The number of nitrogens with two attached hydrogens (primary N) is 1. The molecule has 0 aliphatic heterocycles. The third-order valence-corrected chi connectivity index (χ3v) is 3.00. The Morgan fingerprint density at radius 2 is 2.00 bits per heavy atom. The highest BCUT2D eigenvalue weighted by Gasteiger charge is 2.28. The first-order chi connectivity index (χ1) is 7.05. The van der Waals surface area contributed by atoms with E-state index in [-0.39, 0.29) is 17.4 Å². The topological polar surface area (TPSA) is 64.3 Å². The molecule has 0 aromatic heterocycles. The third-order valence-electron chi connectivity index (χ3n) is 3.00. The molecular weight excluding hydrogens is 192 g/mol. The summed E-state index contributed by atoms with van der Waals surface area (Å²) >= 11 is 0. The van der Waals surface area contributed by atoms with E-state index in [4.69, 9.17) is 10.5 Å². The first-order valence-corrected chi connectivity index (χ1v) is 5.56. The Morgan fingerprint density at radius 1 is 1.47 bits per heavy atom. The molecule has 0 saturated heterocycles. The van der Waals surface area contributed by atoms with Gasteiger partial charge in [0.25, 0.3) is 0 Å². The molecule has 0 aliphatic rings. The monoisotopic (exact) mass is 216 g/mol. The molecule has 1 amide bonds. The van der Waals surface area contributed by atoms with E-state index in [1.807, 2.05) is 20.8 Å². The summed E-state index contributed by atoms with van der Waals surface area (Å²) in [4.78, 5) is 11.8. The van der Waals surface area contributed by atoms with Crippen molar-refractivity contribution in [2.45, 2.75) is 39.2 Å². The lowest BCUT2D eigenvalue weighted by Crippen LogP contribution is -2.54. The van der Waals surface area contributed by atoms with Gasteiger partial charge in [-0.3, -0.25) is 4.79 Å². The average molecular weight is 216 g/mol. The van der Waals surface area contributed by atoms with Gasteiger partial charge in [0.2, 0.25) is 5.91 Å². The zero-order valence-electron chi connectivity index (χ0n) is 10.3. The minimum absolute atomic E-state index is 0.0194. The summed E-state index contributed by atoms with van der Waals surface area (Å²) in [7, 11) is 1.60. The summed E-state index contributed by atoms with van der Waals surface area (Å²) in [6.45, 7) is 6.85. The molecule has 3 N–H and O–H groups in total. The van der Waals surface area contributed by atoms with E-state index in [0.717, 1.165) is 12.8 Å². The van der Waals surface area contributed by atoms with E-state index in [0.29, 0.717) is 13.2 Å². The largest absolute Gasteiger partial charge is 0.384 e. The maximum Gasteiger partial charge on any atom is 0.225 e. The summed E-state index contributed by atoms with van der Waals surface area (Å²) in [5.74, 6) is -0.106. The number of methoxy groups -OCH3 is 1. The van der Waals surface area contributed by atoms with Crippen molar-refractivity contribution >= 4 is 5.91 Å². The second-order valence-electron chi connectivity index (χ2n) is 4.04. The van der Waals surface area contributed by atoms with Crippen LogP contribution in [0.5, 0.6) is 0 Å². The maximum absolute atomic E-state index is 11.8. The van der Waals surface area contributed by atoms with Crippen LogP contribution < -0.4 is 11.1 Å². The van der Waals surface area contributed by atoms with Gasteiger partial charge in [0, 0.05) is 13.7 Å². The van der Waals surface area contributed by atoms with Crippen LogP contribution in [0.15, 0.2) is 0 Å². The van der Waals surface area contributed by atoms with Gasteiger partial charge in [0.1, 0.15) is 0 Å². The first kappa shape index (κ1) is 14.4. The number of hydrogen-bond donors (Lipinski definition) is 2. The molecule has 0 spiro atoms. The average Bonchev–Trinajstić information content (AvgIpc) is 2.26.